The monoisotopic (exact) mass is 470 g/mol. The molecular formula is C24H26N2O4S2. The summed E-state index contributed by atoms with van der Waals surface area (Å²) in [5.41, 5.74) is 0.0493. The molecule has 0 fully saturated rings. The summed E-state index contributed by atoms with van der Waals surface area (Å²) in [6.45, 7) is 5.63. The van der Waals surface area contributed by atoms with Crippen LogP contribution in [0.25, 0.3) is 12.2 Å². The van der Waals surface area contributed by atoms with E-state index in [1.165, 1.54) is 33.3 Å². The van der Waals surface area contributed by atoms with Gasteiger partial charge in [0.1, 0.15) is 17.0 Å². The molecule has 1 N–H and O–H groups in total. The molecule has 0 radical (unpaired) electrons. The molecule has 0 spiro atoms. The fourth-order valence-corrected chi connectivity index (χ4v) is 4.53. The van der Waals surface area contributed by atoms with Crippen LogP contribution in [-0.2, 0) is 22.7 Å². The lowest BCUT2D eigenvalue weighted by molar-refractivity contribution is -0.122. The van der Waals surface area contributed by atoms with E-state index in [2.05, 4.69) is 5.32 Å². The maximum Gasteiger partial charge on any atom is 0.269 e. The Labute approximate surface area is 194 Å². The van der Waals surface area contributed by atoms with Gasteiger partial charge in [0.05, 0.1) is 11.6 Å². The average molecular weight is 471 g/mol. The van der Waals surface area contributed by atoms with Crippen molar-refractivity contribution in [2.75, 3.05) is 7.11 Å². The standard InChI is InChI=1S/C24H26N2O4S2/c1-24(2,3)20(27)13-22-26(23(29)19(32-22)12-18-6-5-11-31-18)15-21(28)25-14-16-7-9-17(30-4)10-8-16/h5-13H,14-15H2,1-4H3,(H,25,28)/b19-12+,22-13-. The van der Waals surface area contributed by atoms with Gasteiger partial charge in [-0.3, -0.25) is 19.0 Å². The van der Waals surface area contributed by atoms with Crippen molar-refractivity contribution < 1.29 is 14.3 Å². The lowest BCUT2D eigenvalue weighted by atomic mass is 9.91. The van der Waals surface area contributed by atoms with Crippen molar-refractivity contribution in [2.24, 2.45) is 5.41 Å². The third kappa shape index (κ3) is 6.05. The fraction of sp³-hybridized carbons (Fsp3) is 0.292. The second kappa shape index (κ2) is 10.1. The van der Waals surface area contributed by atoms with E-state index in [9.17, 15) is 14.4 Å². The molecule has 0 unspecified atom stereocenters. The van der Waals surface area contributed by atoms with E-state index in [1.54, 1.807) is 13.2 Å². The summed E-state index contributed by atoms with van der Waals surface area (Å²) in [6, 6.07) is 11.2. The molecule has 0 saturated carbocycles. The van der Waals surface area contributed by atoms with Crippen LogP contribution in [0, 0.1) is 5.41 Å². The molecule has 0 saturated heterocycles. The Hall–Kier alpha value is -2.97. The van der Waals surface area contributed by atoms with Crippen molar-refractivity contribution in [3.05, 3.63) is 71.8 Å². The van der Waals surface area contributed by atoms with Crippen LogP contribution in [0.1, 0.15) is 31.2 Å². The summed E-state index contributed by atoms with van der Waals surface area (Å²) < 4.78 is 7.47. The molecule has 0 aliphatic heterocycles. The Bertz CT molecular complexity index is 1260. The van der Waals surface area contributed by atoms with Gasteiger partial charge in [-0.1, -0.05) is 39.0 Å². The lowest BCUT2D eigenvalue weighted by Gasteiger charge is -2.13. The van der Waals surface area contributed by atoms with Gasteiger partial charge in [0, 0.05) is 22.9 Å². The van der Waals surface area contributed by atoms with E-state index in [0.29, 0.717) is 15.7 Å². The lowest BCUT2D eigenvalue weighted by Crippen LogP contribution is -2.38. The van der Waals surface area contributed by atoms with Gasteiger partial charge >= 0.3 is 0 Å². The summed E-state index contributed by atoms with van der Waals surface area (Å²) in [5, 5.41) is 4.77. The van der Waals surface area contributed by atoms with Crippen molar-refractivity contribution in [1.82, 2.24) is 9.88 Å². The normalized spacial score (nSPS) is 12.8. The van der Waals surface area contributed by atoms with Crippen LogP contribution in [0.4, 0.5) is 0 Å². The maximum atomic E-state index is 13.0. The molecule has 3 rings (SSSR count). The van der Waals surface area contributed by atoms with Crippen molar-refractivity contribution in [3.63, 3.8) is 0 Å². The first kappa shape index (κ1) is 23.7. The van der Waals surface area contributed by atoms with Gasteiger partial charge in [-0.05, 0) is 35.2 Å². The highest BCUT2D eigenvalue weighted by molar-refractivity contribution is 7.11. The summed E-state index contributed by atoms with van der Waals surface area (Å²) in [4.78, 5) is 39.2. The molecule has 8 heteroatoms. The molecule has 2 heterocycles. The second-order valence-electron chi connectivity index (χ2n) is 8.24. The average Bonchev–Trinajstić information content (AvgIpc) is 3.36. The number of Topliss-reactive ketones (excluding diaryl/α,β-unsaturated/α-hetero) is 1. The van der Waals surface area contributed by atoms with E-state index in [-0.39, 0.29) is 23.8 Å². The van der Waals surface area contributed by atoms with Gasteiger partial charge in [0.25, 0.3) is 5.56 Å². The Balaban J connectivity index is 1.88. The number of ketones is 1. The highest BCUT2D eigenvalue weighted by Crippen LogP contribution is 2.15. The number of benzene rings is 1. The van der Waals surface area contributed by atoms with Crippen LogP contribution >= 0.6 is 22.7 Å². The summed E-state index contributed by atoms with van der Waals surface area (Å²) in [6.07, 6.45) is 3.26. The van der Waals surface area contributed by atoms with Crippen molar-refractivity contribution in [1.29, 1.82) is 0 Å². The zero-order chi connectivity index (χ0) is 23.3. The van der Waals surface area contributed by atoms with E-state index in [0.717, 1.165) is 16.2 Å². The number of thiophene rings is 1. The van der Waals surface area contributed by atoms with Crippen LogP contribution in [0.2, 0.25) is 0 Å². The molecule has 32 heavy (non-hydrogen) atoms. The number of ether oxygens (including phenoxy) is 1. The molecular weight excluding hydrogens is 444 g/mol. The Kier molecular flexibility index (Phi) is 7.48. The summed E-state index contributed by atoms with van der Waals surface area (Å²) >= 11 is 2.74. The van der Waals surface area contributed by atoms with E-state index in [4.69, 9.17) is 4.74 Å². The number of methoxy groups -OCH3 is 1. The maximum absolute atomic E-state index is 13.0. The first-order valence-corrected chi connectivity index (χ1v) is 11.8. The largest absolute Gasteiger partial charge is 0.497 e. The first-order chi connectivity index (χ1) is 15.2. The molecule has 1 aromatic carbocycles. The number of hydrogen-bond donors (Lipinski definition) is 1. The summed E-state index contributed by atoms with van der Waals surface area (Å²) in [5.74, 6) is 0.332. The highest BCUT2D eigenvalue weighted by atomic mass is 32.1. The number of carbonyl (C=O) groups excluding carboxylic acids is 2. The third-order valence-corrected chi connectivity index (χ3v) is 6.58. The first-order valence-electron chi connectivity index (χ1n) is 10.1. The number of thiazole rings is 1. The molecule has 3 aromatic rings. The van der Waals surface area contributed by atoms with Crippen molar-refractivity contribution in [3.8, 4) is 5.75 Å². The van der Waals surface area contributed by atoms with Crippen molar-refractivity contribution in [2.45, 2.75) is 33.9 Å². The predicted molar refractivity (Wildman–Crippen MR) is 129 cm³/mol. The van der Waals surface area contributed by atoms with Crippen LogP contribution in [0.15, 0.2) is 46.6 Å². The molecule has 0 atom stereocenters. The highest BCUT2D eigenvalue weighted by Gasteiger charge is 2.20. The van der Waals surface area contributed by atoms with E-state index < -0.39 is 5.41 Å². The van der Waals surface area contributed by atoms with Gasteiger partial charge in [-0.15, -0.1) is 22.7 Å². The number of nitrogens with zero attached hydrogens (tertiary/aromatic N) is 1. The Morgan fingerprint density at radius 2 is 1.88 bits per heavy atom. The third-order valence-electron chi connectivity index (χ3n) is 4.70. The fourth-order valence-electron chi connectivity index (χ4n) is 2.77. The molecule has 2 aromatic heterocycles. The zero-order valence-corrected chi connectivity index (χ0v) is 20.1. The van der Waals surface area contributed by atoms with Crippen LogP contribution < -0.4 is 24.8 Å². The topological polar surface area (TPSA) is 77.4 Å². The number of carbonyl (C=O) groups is 2. The quantitative estimate of drug-likeness (QED) is 0.576. The number of nitrogens with one attached hydrogen (secondary N) is 1. The number of aromatic nitrogens is 1. The van der Waals surface area contributed by atoms with Gasteiger partial charge in [-0.25, -0.2) is 0 Å². The number of hydrogen-bond acceptors (Lipinski definition) is 6. The Morgan fingerprint density at radius 1 is 1.16 bits per heavy atom. The molecule has 1 amide bonds. The molecule has 0 bridgehead atoms. The SMILES string of the molecule is COc1ccc(CNC(=O)Cn2c(=O)/c(=C\c3cccs3)s/c2=C\C(=O)C(C)(C)C)cc1. The Morgan fingerprint density at radius 3 is 2.47 bits per heavy atom. The molecule has 168 valence electrons. The van der Waals surface area contributed by atoms with Gasteiger partial charge in [0.2, 0.25) is 5.91 Å². The van der Waals surface area contributed by atoms with Crippen LogP contribution in [0.5, 0.6) is 5.75 Å². The molecule has 0 aliphatic rings. The molecule has 0 aliphatic carbocycles. The smallest absolute Gasteiger partial charge is 0.269 e. The molecule has 6 nitrogen and oxygen atoms in total. The number of amides is 1. The predicted octanol–water partition coefficient (Wildman–Crippen LogP) is 2.52. The minimum atomic E-state index is -0.584. The minimum Gasteiger partial charge on any atom is -0.497 e. The van der Waals surface area contributed by atoms with Gasteiger partial charge < -0.3 is 10.1 Å². The number of rotatable bonds is 7. The zero-order valence-electron chi connectivity index (χ0n) is 18.5. The van der Waals surface area contributed by atoms with Crippen molar-refractivity contribution >= 4 is 46.5 Å². The van der Waals surface area contributed by atoms with E-state index in [1.807, 2.05) is 62.5 Å². The second-order valence-corrected chi connectivity index (χ2v) is 10.3. The van der Waals surface area contributed by atoms with Gasteiger partial charge in [0.15, 0.2) is 5.78 Å². The minimum absolute atomic E-state index is 0.103. The van der Waals surface area contributed by atoms with Gasteiger partial charge in [-0.2, -0.15) is 0 Å². The van der Waals surface area contributed by atoms with E-state index >= 15 is 0 Å². The van der Waals surface area contributed by atoms with Crippen LogP contribution in [0.3, 0.4) is 0 Å². The summed E-state index contributed by atoms with van der Waals surface area (Å²) in [7, 11) is 1.60. The van der Waals surface area contributed by atoms with Crippen LogP contribution in [-0.4, -0.2) is 23.4 Å².